The van der Waals surface area contributed by atoms with Crippen LogP contribution in [0.1, 0.15) is 28.3 Å². The molecule has 2 heterocycles. The summed E-state index contributed by atoms with van der Waals surface area (Å²) in [4.78, 5) is 13.7. The number of aryl methyl sites for hydroxylation is 1. The molecule has 0 amide bonds. The summed E-state index contributed by atoms with van der Waals surface area (Å²) in [5, 5.41) is 9.86. The van der Waals surface area contributed by atoms with Gasteiger partial charge in [0.25, 0.3) is 5.56 Å². The fourth-order valence-corrected chi connectivity index (χ4v) is 4.01. The number of benzene rings is 2. The van der Waals surface area contributed by atoms with Crippen LogP contribution < -0.4 is 25.5 Å². The fraction of sp³-hybridized carbons (Fsp3) is 0.200. The molecule has 0 bridgehead atoms. The van der Waals surface area contributed by atoms with Crippen LogP contribution in [0.2, 0.25) is 0 Å². The van der Waals surface area contributed by atoms with E-state index in [0.29, 0.717) is 34.9 Å². The second kappa shape index (κ2) is 8.52. The molecule has 1 unspecified atom stereocenters. The zero-order chi connectivity index (χ0) is 22.8. The molecule has 7 nitrogen and oxygen atoms in total. The van der Waals surface area contributed by atoms with E-state index in [9.17, 15) is 10.1 Å². The first-order valence-corrected chi connectivity index (χ1v) is 10.1. The lowest BCUT2D eigenvalue weighted by molar-refractivity contribution is 0.354. The van der Waals surface area contributed by atoms with Crippen LogP contribution in [0.5, 0.6) is 17.2 Å². The molecule has 162 valence electrons. The summed E-state index contributed by atoms with van der Waals surface area (Å²) >= 11 is 0. The van der Waals surface area contributed by atoms with Crippen molar-refractivity contribution in [1.82, 2.24) is 4.57 Å². The summed E-state index contributed by atoms with van der Waals surface area (Å²) in [5.74, 6) is 0.682. The molecule has 0 saturated heterocycles. The lowest BCUT2D eigenvalue weighted by Gasteiger charge is -2.27. The van der Waals surface area contributed by atoms with Crippen LogP contribution in [0.25, 0.3) is 0 Å². The summed E-state index contributed by atoms with van der Waals surface area (Å²) in [6.45, 7) is 2.25. The first-order valence-electron chi connectivity index (χ1n) is 10.1. The molecule has 1 aliphatic heterocycles. The van der Waals surface area contributed by atoms with Gasteiger partial charge in [-0.25, -0.2) is 0 Å². The van der Waals surface area contributed by atoms with Crippen molar-refractivity contribution in [2.24, 2.45) is 5.73 Å². The third-order valence-electron chi connectivity index (χ3n) is 5.61. The monoisotopic (exact) mass is 429 g/mol. The third kappa shape index (κ3) is 3.56. The van der Waals surface area contributed by atoms with E-state index >= 15 is 0 Å². The molecule has 32 heavy (non-hydrogen) atoms. The van der Waals surface area contributed by atoms with Gasteiger partial charge in [0.2, 0.25) is 5.88 Å². The van der Waals surface area contributed by atoms with Gasteiger partial charge >= 0.3 is 0 Å². The summed E-state index contributed by atoms with van der Waals surface area (Å²) in [6.07, 6.45) is 0. The molecule has 7 heteroatoms. The van der Waals surface area contributed by atoms with Crippen LogP contribution in [-0.2, 0) is 6.54 Å². The second-order valence-corrected chi connectivity index (χ2v) is 7.48. The van der Waals surface area contributed by atoms with Crippen LogP contribution in [0.15, 0.2) is 70.8 Å². The van der Waals surface area contributed by atoms with Crippen molar-refractivity contribution in [2.45, 2.75) is 19.4 Å². The standard InChI is InChI=1S/C25H23N3O4/c1-15-11-21-23(25(29)28(15)14-16-7-5-4-6-8-16)22(18(13-26)24(27)32-21)17-9-10-19(30-2)20(12-17)31-3/h4-12,22H,14,27H2,1-3H3. The van der Waals surface area contributed by atoms with Crippen molar-refractivity contribution in [3.8, 4) is 23.3 Å². The highest BCUT2D eigenvalue weighted by Crippen LogP contribution is 2.42. The number of pyridine rings is 1. The maximum absolute atomic E-state index is 13.7. The highest BCUT2D eigenvalue weighted by molar-refractivity contribution is 5.57. The summed E-state index contributed by atoms with van der Waals surface area (Å²) < 4.78 is 18.2. The van der Waals surface area contributed by atoms with E-state index in [-0.39, 0.29) is 17.0 Å². The van der Waals surface area contributed by atoms with E-state index in [4.69, 9.17) is 19.9 Å². The number of fused-ring (bicyclic) bond motifs is 1. The molecule has 2 aromatic carbocycles. The van der Waals surface area contributed by atoms with Gasteiger partial charge in [-0.15, -0.1) is 0 Å². The predicted molar refractivity (Wildman–Crippen MR) is 120 cm³/mol. The van der Waals surface area contributed by atoms with Gasteiger partial charge in [0, 0.05) is 11.8 Å². The number of nitrogens with zero attached hydrogens (tertiary/aromatic N) is 2. The normalized spacial score (nSPS) is 14.9. The molecule has 0 aliphatic carbocycles. The molecule has 0 spiro atoms. The molecule has 4 rings (SSSR count). The average molecular weight is 429 g/mol. The Morgan fingerprint density at radius 2 is 1.81 bits per heavy atom. The quantitative estimate of drug-likeness (QED) is 0.667. The molecule has 1 aliphatic rings. The highest BCUT2D eigenvalue weighted by Gasteiger charge is 2.34. The molecular formula is C25H23N3O4. The number of methoxy groups -OCH3 is 2. The Labute approximate surface area is 185 Å². The van der Waals surface area contributed by atoms with Crippen LogP contribution >= 0.6 is 0 Å². The molecule has 0 radical (unpaired) electrons. The SMILES string of the molecule is COc1ccc(C2C(C#N)=C(N)Oc3cc(C)n(Cc4ccccc4)c(=O)c32)cc1OC. The van der Waals surface area contributed by atoms with Gasteiger partial charge in [-0.2, -0.15) is 5.26 Å². The minimum absolute atomic E-state index is 0.0144. The van der Waals surface area contributed by atoms with E-state index in [1.807, 2.05) is 37.3 Å². The summed E-state index contributed by atoms with van der Waals surface area (Å²) in [6, 6.07) is 18.9. The average Bonchev–Trinajstić information content (AvgIpc) is 2.81. The first kappa shape index (κ1) is 21.1. The maximum atomic E-state index is 13.7. The number of allylic oxidation sites excluding steroid dienone is 1. The maximum Gasteiger partial charge on any atom is 0.259 e. The number of rotatable bonds is 5. The van der Waals surface area contributed by atoms with Crippen LogP contribution in [0, 0.1) is 18.3 Å². The smallest absolute Gasteiger partial charge is 0.259 e. The molecule has 0 saturated carbocycles. The van der Waals surface area contributed by atoms with Crippen molar-refractivity contribution in [3.05, 3.63) is 98.8 Å². The number of aromatic nitrogens is 1. The zero-order valence-corrected chi connectivity index (χ0v) is 18.1. The fourth-order valence-electron chi connectivity index (χ4n) is 4.01. The number of hydrogen-bond acceptors (Lipinski definition) is 6. The predicted octanol–water partition coefficient (Wildman–Crippen LogP) is 3.44. The molecule has 3 aromatic rings. The number of nitriles is 1. The molecular weight excluding hydrogens is 406 g/mol. The number of ether oxygens (including phenoxy) is 3. The zero-order valence-electron chi connectivity index (χ0n) is 18.1. The van der Waals surface area contributed by atoms with E-state index < -0.39 is 5.92 Å². The minimum atomic E-state index is -0.696. The van der Waals surface area contributed by atoms with Crippen molar-refractivity contribution in [2.75, 3.05) is 14.2 Å². The van der Waals surface area contributed by atoms with E-state index in [0.717, 1.165) is 11.3 Å². The van der Waals surface area contributed by atoms with Gasteiger partial charge in [-0.1, -0.05) is 36.4 Å². The third-order valence-corrected chi connectivity index (χ3v) is 5.61. The van der Waals surface area contributed by atoms with Crippen molar-refractivity contribution < 1.29 is 14.2 Å². The topological polar surface area (TPSA) is 99.5 Å². The van der Waals surface area contributed by atoms with Crippen LogP contribution in [0.3, 0.4) is 0 Å². The Bertz CT molecular complexity index is 1300. The van der Waals surface area contributed by atoms with E-state index in [1.54, 1.807) is 35.9 Å². The number of nitrogens with two attached hydrogens (primary N) is 1. The molecule has 2 N–H and O–H groups in total. The molecule has 0 fully saturated rings. The van der Waals surface area contributed by atoms with Gasteiger partial charge in [0.15, 0.2) is 11.5 Å². The van der Waals surface area contributed by atoms with E-state index in [2.05, 4.69) is 6.07 Å². The Kier molecular flexibility index (Phi) is 5.61. The van der Waals surface area contributed by atoms with Gasteiger partial charge < -0.3 is 24.5 Å². The van der Waals surface area contributed by atoms with Crippen molar-refractivity contribution in [1.29, 1.82) is 5.26 Å². The van der Waals surface area contributed by atoms with Gasteiger partial charge in [-0.3, -0.25) is 4.79 Å². The van der Waals surface area contributed by atoms with Crippen molar-refractivity contribution in [3.63, 3.8) is 0 Å². The molecule has 1 atom stereocenters. The summed E-state index contributed by atoms with van der Waals surface area (Å²) in [5.41, 5.74) is 8.81. The van der Waals surface area contributed by atoms with Gasteiger partial charge in [0.1, 0.15) is 17.4 Å². The Morgan fingerprint density at radius 1 is 1.09 bits per heavy atom. The first-order chi connectivity index (χ1) is 15.5. The summed E-state index contributed by atoms with van der Waals surface area (Å²) in [7, 11) is 3.08. The second-order valence-electron chi connectivity index (χ2n) is 7.48. The lowest BCUT2D eigenvalue weighted by Crippen LogP contribution is -2.33. The minimum Gasteiger partial charge on any atom is -0.493 e. The molecule has 1 aromatic heterocycles. The van der Waals surface area contributed by atoms with Crippen molar-refractivity contribution >= 4 is 0 Å². The van der Waals surface area contributed by atoms with E-state index in [1.165, 1.54) is 7.11 Å². The van der Waals surface area contributed by atoms with Crippen LogP contribution in [0.4, 0.5) is 0 Å². The largest absolute Gasteiger partial charge is 0.493 e. The van der Waals surface area contributed by atoms with Gasteiger partial charge in [0.05, 0.1) is 32.2 Å². The number of hydrogen-bond donors (Lipinski definition) is 1. The van der Waals surface area contributed by atoms with Crippen LogP contribution in [-0.4, -0.2) is 18.8 Å². The lowest BCUT2D eigenvalue weighted by atomic mass is 9.84. The highest BCUT2D eigenvalue weighted by atomic mass is 16.5. The van der Waals surface area contributed by atoms with Gasteiger partial charge in [-0.05, 0) is 30.2 Å². The Morgan fingerprint density at radius 3 is 2.47 bits per heavy atom. The Balaban J connectivity index is 1.93. The Hall–Kier alpha value is -4.18.